The Morgan fingerprint density at radius 1 is 1.10 bits per heavy atom. The van der Waals surface area contributed by atoms with Crippen LogP contribution in [0.15, 0.2) is 48.5 Å². The van der Waals surface area contributed by atoms with Gasteiger partial charge in [-0.15, -0.1) is 11.6 Å². The molecule has 0 radical (unpaired) electrons. The predicted molar refractivity (Wildman–Crippen MR) is 87.0 cm³/mol. The van der Waals surface area contributed by atoms with E-state index < -0.39 is 0 Å². The minimum Gasteiger partial charge on any atom is -0.493 e. The molecule has 2 nitrogen and oxygen atoms in total. The van der Waals surface area contributed by atoms with Gasteiger partial charge < -0.3 is 10.1 Å². The molecule has 0 saturated carbocycles. The van der Waals surface area contributed by atoms with Gasteiger partial charge in [0, 0.05) is 24.9 Å². The smallest absolute Gasteiger partial charge is 0.122 e. The highest BCUT2D eigenvalue weighted by Gasteiger charge is 2.20. The van der Waals surface area contributed by atoms with Crippen LogP contribution in [0.3, 0.4) is 0 Å². The molecular formula is C18H20ClNO. The van der Waals surface area contributed by atoms with E-state index in [4.69, 9.17) is 16.3 Å². The van der Waals surface area contributed by atoms with E-state index in [1.165, 1.54) is 16.7 Å². The molecule has 0 fully saturated rings. The van der Waals surface area contributed by atoms with E-state index in [2.05, 4.69) is 47.8 Å². The van der Waals surface area contributed by atoms with Crippen LogP contribution in [0.1, 0.15) is 29.0 Å². The lowest BCUT2D eigenvalue weighted by atomic mass is 9.93. The SMILES string of the molecule is ClCc1cccc(CNCC2CCOc3ccccc32)c1. The highest BCUT2D eigenvalue weighted by atomic mass is 35.5. The molecule has 1 aliphatic heterocycles. The first kappa shape index (κ1) is 14.4. The summed E-state index contributed by atoms with van der Waals surface area (Å²) in [5.74, 6) is 2.15. The maximum absolute atomic E-state index is 5.88. The number of benzene rings is 2. The summed E-state index contributed by atoms with van der Waals surface area (Å²) < 4.78 is 5.71. The van der Waals surface area contributed by atoms with Gasteiger partial charge in [0.1, 0.15) is 5.75 Å². The predicted octanol–water partition coefficient (Wildman–Crippen LogP) is 4.08. The number of fused-ring (bicyclic) bond motifs is 1. The van der Waals surface area contributed by atoms with E-state index in [9.17, 15) is 0 Å². The Balaban J connectivity index is 1.59. The minimum atomic E-state index is 0.533. The van der Waals surface area contributed by atoms with Gasteiger partial charge in [-0.2, -0.15) is 0 Å². The quantitative estimate of drug-likeness (QED) is 0.840. The Morgan fingerprint density at radius 2 is 1.95 bits per heavy atom. The molecule has 0 bridgehead atoms. The van der Waals surface area contributed by atoms with E-state index in [1.54, 1.807) is 0 Å². The van der Waals surface area contributed by atoms with Crippen molar-refractivity contribution in [3.05, 3.63) is 65.2 Å². The summed E-state index contributed by atoms with van der Waals surface area (Å²) in [6, 6.07) is 16.8. The Labute approximate surface area is 131 Å². The Morgan fingerprint density at radius 3 is 2.86 bits per heavy atom. The first-order valence-corrected chi connectivity index (χ1v) is 7.96. The molecule has 1 atom stereocenters. The second-order valence-electron chi connectivity index (χ2n) is 5.46. The summed E-state index contributed by atoms with van der Waals surface area (Å²) in [6.07, 6.45) is 1.08. The van der Waals surface area contributed by atoms with E-state index in [-0.39, 0.29) is 0 Å². The molecule has 21 heavy (non-hydrogen) atoms. The van der Waals surface area contributed by atoms with E-state index in [1.807, 2.05) is 6.07 Å². The maximum Gasteiger partial charge on any atom is 0.122 e. The van der Waals surface area contributed by atoms with Crippen LogP contribution in [-0.4, -0.2) is 13.2 Å². The van der Waals surface area contributed by atoms with Crippen molar-refractivity contribution in [3.63, 3.8) is 0 Å². The molecular weight excluding hydrogens is 282 g/mol. The number of hydrogen-bond donors (Lipinski definition) is 1. The zero-order valence-electron chi connectivity index (χ0n) is 12.0. The summed E-state index contributed by atoms with van der Waals surface area (Å²) >= 11 is 5.88. The van der Waals surface area contributed by atoms with Gasteiger partial charge in [-0.25, -0.2) is 0 Å². The molecule has 1 unspecified atom stereocenters. The monoisotopic (exact) mass is 301 g/mol. The van der Waals surface area contributed by atoms with Crippen LogP contribution in [-0.2, 0) is 12.4 Å². The lowest BCUT2D eigenvalue weighted by Gasteiger charge is -2.26. The zero-order valence-corrected chi connectivity index (χ0v) is 12.8. The first-order chi connectivity index (χ1) is 10.4. The normalized spacial score (nSPS) is 17.1. The van der Waals surface area contributed by atoms with E-state index in [0.717, 1.165) is 31.9 Å². The molecule has 2 aromatic rings. The fourth-order valence-corrected chi connectivity index (χ4v) is 3.01. The van der Waals surface area contributed by atoms with Crippen molar-refractivity contribution in [1.29, 1.82) is 0 Å². The van der Waals surface area contributed by atoms with Gasteiger partial charge >= 0.3 is 0 Å². The lowest BCUT2D eigenvalue weighted by molar-refractivity contribution is 0.264. The van der Waals surface area contributed by atoms with Crippen molar-refractivity contribution in [2.24, 2.45) is 0 Å². The molecule has 0 aromatic heterocycles. The van der Waals surface area contributed by atoms with Crippen molar-refractivity contribution >= 4 is 11.6 Å². The van der Waals surface area contributed by atoms with Crippen LogP contribution in [0.25, 0.3) is 0 Å². The third kappa shape index (κ3) is 3.58. The maximum atomic E-state index is 5.88. The van der Waals surface area contributed by atoms with E-state index in [0.29, 0.717) is 11.8 Å². The highest BCUT2D eigenvalue weighted by molar-refractivity contribution is 6.17. The number of para-hydroxylation sites is 1. The zero-order chi connectivity index (χ0) is 14.5. The van der Waals surface area contributed by atoms with Crippen molar-refractivity contribution in [2.75, 3.05) is 13.2 Å². The highest BCUT2D eigenvalue weighted by Crippen LogP contribution is 2.32. The Hall–Kier alpha value is -1.51. The van der Waals surface area contributed by atoms with Crippen molar-refractivity contribution in [2.45, 2.75) is 24.8 Å². The van der Waals surface area contributed by atoms with Gasteiger partial charge in [0.15, 0.2) is 0 Å². The average Bonchev–Trinajstić information content (AvgIpc) is 2.55. The first-order valence-electron chi connectivity index (χ1n) is 7.43. The summed E-state index contributed by atoms with van der Waals surface area (Å²) in [5.41, 5.74) is 3.78. The minimum absolute atomic E-state index is 0.533. The molecule has 3 heteroatoms. The number of hydrogen-bond acceptors (Lipinski definition) is 2. The van der Waals surface area contributed by atoms with Crippen LogP contribution in [0.5, 0.6) is 5.75 Å². The fourth-order valence-electron chi connectivity index (χ4n) is 2.84. The molecule has 3 rings (SSSR count). The number of rotatable bonds is 5. The van der Waals surface area contributed by atoms with Gasteiger partial charge in [-0.3, -0.25) is 0 Å². The van der Waals surface area contributed by atoms with Gasteiger partial charge in [-0.05, 0) is 29.2 Å². The molecule has 0 spiro atoms. The summed E-state index contributed by atoms with van der Waals surface area (Å²) in [5, 5.41) is 3.56. The van der Waals surface area contributed by atoms with Gasteiger partial charge in [0.2, 0.25) is 0 Å². The average molecular weight is 302 g/mol. The van der Waals surface area contributed by atoms with Gasteiger partial charge in [0.05, 0.1) is 6.61 Å². The Bertz CT molecular complexity index is 599. The molecule has 1 heterocycles. The van der Waals surface area contributed by atoms with Gasteiger partial charge in [-0.1, -0.05) is 42.5 Å². The van der Waals surface area contributed by atoms with E-state index >= 15 is 0 Å². The summed E-state index contributed by atoms with van der Waals surface area (Å²) in [4.78, 5) is 0. The second-order valence-corrected chi connectivity index (χ2v) is 5.72. The molecule has 1 aliphatic rings. The van der Waals surface area contributed by atoms with Crippen molar-refractivity contribution < 1.29 is 4.74 Å². The molecule has 110 valence electrons. The molecule has 1 N–H and O–H groups in total. The van der Waals surface area contributed by atoms with Crippen LogP contribution >= 0.6 is 11.6 Å². The number of halogens is 1. The molecule has 0 amide bonds. The molecule has 0 saturated heterocycles. The fraction of sp³-hybridized carbons (Fsp3) is 0.333. The lowest BCUT2D eigenvalue weighted by Crippen LogP contribution is -2.25. The van der Waals surface area contributed by atoms with Crippen LogP contribution in [0.4, 0.5) is 0 Å². The topological polar surface area (TPSA) is 21.3 Å². The summed E-state index contributed by atoms with van der Waals surface area (Å²) in [6.45, 7) is 2.67. The van der Waals surface area contributed by atoms with Crippen molar-refractivity contribution in [1.82, 2.24) is 5.32 Å². The third-order valence-corrected chi connectivity index (χ3v) is 4.26. The largest absolute Gasteiger partial charge is 0.493 e. The standard InChI is InChI=1S/C18H20ClNO/c19-11-14-4-3-5-15(10-14)12-20-13-16-8-9-21-18-7-2-1-6-17(16)18/h1-7,10,16,20H,8-9,11-13H2. The van der Waals surface area contributed by atoms with Crippen LogP contribution in [0.2, 0.25) is 0 Å². The van der Waals surface area contributed by atoms with Crippen LogP contribution < -0.4 is 10.1 Å². The summed E-state index contributed by atoms with van der Waals surface area (Å²) in [7, 11) is 0. The number of ether oxygens (including phenoxy) is 1. The molecule has 2 aromatic carbocycles. The number of nitrogens with one attached hydrogen (secondary N) is 1. The van der Waals surface area contributed by atoms with Crippen molar-refractivity contribution in [3.8, 4) is 5.75 Å². The van der Waals surface area contributed by atoms with Gasteiger partial charge in [0.25, 0.3) is 0 Å². The third-order valence-electron chi connectivity index (χ3n) is 3.95. The number of alkyl halides is 1. The Kier molecular flexibility index (Phi) is 4.79. The van der Waals surface area contributed by atoms with Crippen LogP contribution in [0, 0.1) is 0 Å². The second kappa shape index (κ2) is 6.97. The molecule has 0 aliphatic carbocycles.